The molecule has 1 rings (SSSR count). The van der Waals surface area contributed by atoms with Crippen LogP contribution in [0, 0.1) is 5.82 Å². The Kier molecular flexibility index (Phi) is 7.11. The number of amides is 1. The van der Waals surface area contributed by atoms with Crippen LogP contribution in [-0.2, 0) is 9.53 Å². The number of nitrogens with one attached hydrogen (secondary N) is 1. The molecule has 0 fully saturated rings. The molecule has 118 valence electrons. The van der Waals surface area contributed by atoms with Crippen molar-refractivity contribution in [3.63, 3.8) is 0 Å². The first-order valence-electron chi connectivity index (χ1n) is 6.86. The molecule has 5 nitrogen and oxygen atoms in total. The van der Waals surface area contributed by atoms with Crippen LogP contribution in [-0.4, -0.2) is 37.4 Å². The van der Waals surface area contributed by atoms with Crippen molar-refractivity contribution in [3.05, 3.63) is 29.6 Å². The molecule has 2 N–H and O–H groups in total. The van der Waals surface area contributed by atoms with E-state index in [4.69, 9.17) is 9.47 Å². The summed E-state index contributed by atoms with van der Waals surface area (Å²) in [5, 5.41) is 12.3. The number of carbonyl (C=O) groups excluding carboxylic acids is 1. The number of ether oxygens (including phenoxy) is 2. The van der Waals surface area contributed by atoms with Gasteiger partial charge in [0.2, 0.25) is 0 Å². The lowest BCUT2D eigenvalue weighted by Gasteiger charge is -2.18. The third-order valence-corrected chi connectivity index (χ3v) is 2.92. The van der Waals surface area contributed by atoms with Gasteiger partial charge in [0.1, 0.15) is 11.6 Å². The first kappa shape index (κ1) is 17.4. The minimum Gasteiger partial charge on any atom is -0.480 e. The van der Waals surface area contributed by atoms with E-state index in [9.17, 15) is 14.3 Å². The molecular formula is C15H22FNO4. The minimum atomic E-state index is -0.808. The fraction of sp³-hybridized carbons (Fsp3) is 0.533. The highest BCUT2D eigenvalue weighted by Crippen LogP contribution is 2.26. The second-order valence-corrected chi connectivity index (χ2v) is 4.76. The topological polar surface area (TPSA) is 67.8 Å². The van der Waals surface area contributed by atoms with E-state index in [1.807, 2.05) is 0 Å². The summed E-state index contributed by atoms with van der Waals surface area (Å²) >= 11 is 0. The lowest BCUT2D eigenvalue weighted by molar-refractivity contribution is -0.127. The Bertz CT molecular complexity index is 465. The van der Waals surface area contributed by atoms with Crippen LogP contribution in [0.3, 0.4) is 0 Å². The van der Waals surface area contributed by atoms with Crippen LogP contribution in [0.5, 0.6) is 5.75 Å². The summed E-state index contributed by atoms with van der Waals surface area (Å²) < 4.78 is 23.6. The van der Waals surface area contributed by atoms with Crippen molar-refractivity contribution in [3.8, 4) is 5.75 Å². The van der Waals surface area contributed by atoms with Crippen molar-refractivity contribution in [2.24, 2.45) is 0 Å². The smallest absolute Gasteiger partial charge is 0.260 e. The predicted molar refractivity (Wildman–Crippen MR) is 76.6 cm³/mol. The number of aliphatic hydroxyl groups excluding tert-OH is 1. The lowest BCUT2D eigenvalue weighted by Crippen LogP contribution is -2.37. The molecule has 0 aliphatic heterocycles. The van der Waals surface area contributed by atoms with Crippen LogP contribution >= 0.6 is 0 Å². The molecule has 0 heterocycles. The van der Waals surface area contributed by atoms with Gasteiger partial charge in [0.25, 0.3) is 5.91 Å². The summed E-state index contributed by atoms with van der Waals surface area (Å²) in [4.78, 5) is 11.8. The molecule has 1 aromatic rings. The van der Waals surface area contributed by atoms with Crippen LogP contribution < -0.4 is 10.1 Å². The highest BCUT2D eigenvalue weighted by Gasteiger charge is 2.18. The lowest BCUT2D eigenvalue weighted by atomic mass is 10.1. The van der Waals surface area contributed by atoms with Gasteiger partial charge in [-0.05, 0) is 32.4 Å². The van der Waals surface area contributed by atoms with Gasteiger partial charge in [-0.2, -0.15) is 0 Å². The molecule has 0 aromatic heterocycles. The molecule has 1 aromatic carbocycles. The zero-order valence-corrected chi connectivity index (χ0v) is 12.6. The highest BCUT2D eigenvalue weighted by atomic mass is 19.1. The van der Waals surface area contributed by atoms with E-state index in [0.717, 1.165) is 6.07 Å². The maximum absolute atomic E-state index is 13.3. The standard InChI is InChI=1S/C15H22FNO4/c1-10(18)13-6-5-12(16)9-14(13)21-11(2)15(19)17-7-4-8-20-3/h5-6,9-11,18H,4,7-8H2,1-3H3,(H,17,19)/t10-,11?/m0/s1. The van der Waals surface area contributed by atoms with Gasteiger partial charge in [0.05, 0.1) is 6.10 Å². The molecule has 0 spiro atoms. The van der Waals surface area contributed by atoms with Crippen LogP contribution in [0.15, 0.2) is 18.2 Å². The second-order valence-electron chi connectivity index (χ2n) is 4.76. The Balaban J connectivity index is 2.63. The Labute approximate surface area is 124 Å². The second kappa shape index (κ2) is 8.59. The van der Waals surface area contributed by atoms with E-state index >= 15 is 0 Å². The van der Waals surface area contributed by atoms with Crippen LogP contribution in [0.4, 0.5) is 4.39 Å². The summed E-state index contributed by atoms with van der Waals surface area (Å²) in [7, 11) is 1.59. The quantitative estimate of drug-likeness (QED) is 0.718. The molecule has 1 unspecified atom stereocenters. The van der Waals surface area contributed by atoms with Gasteiger partial charge in [0, 0.05) is 31.9 Å². The number of hydrogen-bond acceptors (Lipinski definition) is 4. The maximum atomic E-state index is 13.3. The van der Waals surface area contributed by atoms with Gasteiger partial charge >= 0.3 is 0 Å². The van der Waals surface area contributed by atoms with Crippen LogP contribution in [0.25, 0.3) is 0 Å². The van der Waals surface area contributed by atoms with Crippen LogP contribution in [0.2, 0.25) is 0 Å². The monoisotopic (exact) mass is 299 g/mol. The molecule has 2 atom stereocenters. The molecule has 1 amide bonds. The zero-order valence-electron chi connectivity index (χ0n) is 12.6. The minimum absolute atomic E-state index is 0.171. The molecule has 0 aliphatic carbocycles. The highest BCUT2D eigenvalue weighted by molar-refractivity contribution is 5.80. The summed E-state index contributed by atoms with van der Waals surface area (Å²) in [6.07, 6.45) is -0.891. The Hall–Kier alpha value is -1.66. The van der Waals surface area contributed by atoms with Crippen molar-refractivity contribution in [2.45, 2.75) is 32.5 Å². The van der Waals surface area contributed by atoms with E-state index < -0.39 is 18.0 Å². The fourth-order valence-electron chi connectivity index (χ4n) is 1.77. The molecule has 6 heteroatoms. The molecule has 0 saturated heterocycles. The molecular weight excluding hydrogens is 277 g/mol. The third kappa shape index (κ3) is 5.69. The summed E-state index contributed by atoms with van der Waals surface area (Å²) in [5.74, 6) is -0.612. The SMILES string of the molecule is COCCCNC(=O)C(C)Oc1cc(F)ccc1[C@H](C)O. The van der Waals surface area contributed by atoms with E-state index in [1.165, 1.54) is 12.1 Å². The van der Waals surface area contributed by atoms with Gasteiger partial charge in [-0.25, -0.2) is 4.39 Å². The average Bonchev–Trinajstić information content (AvgIpc) is 2.43. The molecule has 21 heavy (non-hydrogen) atoms. The van der Waals surface area contributed by atoms with E-state index in [0.29, 0.717) is 25.1 Å². The van der Waals surface area contributed by atoms with E-state index in [1.54, 1.807) is 21.0 Å². The third-order valence-electron chi connectivity index (χ3n) is 2.92. The number of halogens is 1. The van der Waals surface area contributed by atoms with Crippen molar-refractivity contribution < 1.29 is 23.8 Å². The van der Waals surface area contributed by atoms with Crippen molar-refractivity contribution in [2.75, 3.05) is 20.3 Å². The zero-order chi connectivity index (χ0) is 15.8. The molecule has 0 bridgehead atoms. The molecule has 0 saturated carbocycles. The van der Waals surface area contributed by atoms with Crippen LogP contribution in [0.1, 0.15) is 31.9 Å². The van der Waals surface area contributed by atoms with E-state index in [-0.39, 0.29) is 11.7 Å². The Morgan fingerprint density at radius 2 is 2.14 bits per heavy atom. The number of aliphatic hydroxyl groups is 1. The predicted octanol–water partition coefficient (Wildman–Crippen LogP) is 1.80. The fourth-order valence-corrected chi connectivity index (χ4v) is 1.77. The molecule has 0 radical (unpaired) electrons. The Morgan fingerprint density at radius 1 is 1.43 bits per heavy atom. The first-order valence-corrected chi connectivity index (χ1v) is 6.86. The van der Waals surface area contributed by atoms with Crippen molar-refractivity contribution >= 4 is 5.91 Å². The van der Waals surface area contributed by atoms with Gasteiger partial charge < -0.3 is 19.9 Å². The molecule has 0 aliphatic rings. The van der Waals surface area contributed by atoms with Gasteiger partial charge in [0.15, 0.2) is 6.10 Å². The summed E-state index contributed by atoms with van der Waals surface area (Å²) in [6, 6.07) is 3.85. The largest absolute Gasteiger partial charge is 0.480 e. The number of benzene rings is 1. The van der Waals surface area contributed by atoms with Gasteiger partial charge in [-0.3, -0.25) is 4.79 Å². The number of carbonyl (C=O) groups is 1. The maximum Gasteiger partial charge on any atom is 0.260 e. The first-order chi connectivity index (χ1) is 9.95. The van der Waals surface area contributed by atoms with Crippen molar-refractivity contribution in [1.82, 2.24) is 5.32 Å². The number of rotatable bonds is 8. The average molecular weight is 299 g/mol. The van der Waals surface area contributed by atoms with Gasteiger partial charge in [-0.15, -0.1) is 0 Å². The number of methoxy groups -OCH3 is 1. The number of hydrogen-bond donors (Lipinski definition) is 2. The summed E-state index contributed by atoms with van der Waals surface area (Å²) in [5.41, 5.74) is 0.440. The van der Waals surface area contributed by atoms with Crippen molar-refractivity contribution in [1.29, 1.82) is 0 Å². The summed E-state index contributed by atoms with van der Waals surface area (Å²) in [6.45, 7) is 4.16. The Morgan fingerprint density at radius 3 is 2.76 bits per heavy atom. The van der Waals surface area contributed by atoms with E-state index in [2.05, 4.69) is 5.32 Å². The normalized spacial score (nSPS) is 13.6. The van der Waals surface area contributed by atoms with Gasteiger partial charge in [-0.1, -0.05) is 0 Å².